The van der Waals surface area contributed by atoms with E-state index in [-0.39, 0.29) is 10.1 Å². The van der Waals surface area contributed by atoms with Crippen LogP contribution in [0.1, 0.15) is 5.56 Å². The summed E-state index contributed by atoms with van der Waals surface area (Å²) < 4.78 is 28.2. The van der Waals surface area contributed by atoms with Crippen molar-refractivity contribution in [1.82, 2.24) is 0 Å². The van der Waals surface area contributed by atoms with E-state index >= 15 is 0 Å². The molecule has 0 bridgehead atoms. The standard InChI is InChI=1S/C7H9AsO4/c1-5-2-3-7(9)6(4-5)8(10,11)12/h2-4,9H,1H3,(H2,10,11,12). The Kier molecular flexibility index (Phi) is 2.33. The Morgan fingerprint density at radius 1 is 1.33 bits per heavy atom. The summed E-state index contributed by atoms with van der Waals surface area (Å²) in [6.07, 6.45) is 0. The van der Waals surface area contributed by atoms with Crippen LogP contribution in [0.15, 0.2) is 18.2 Å². The molecular formula is C7H9AsO4. The van der Waals surface area contributed by atoms with Crippen molar-refractivity contribution in [3.8, 4) is 5.75 Å². The van der Waals surface area contributed by atoms with Crippen LogP contribution >= 0.6 is 0 Å². The molecule has 5 heteroatoms. The third-order valence-electron chi connectivity index (χ3n) is 1.44. The minimum atomic E-state index is -4.94. The first-order chi connectivity index (χ1) is 5.41. The van der Waals surface area contributed by atoms with Gasteiger partial charge in [0.15, 0.2) is 0 Å². The molecule has 0 atom stereocenters. The predicted octanol–water partition coefficient (Wildman–Crippen LogP) is -0.738. The van der Waals surface area contributed by atoms with Crippen LogP contribution in [0.5, 0.6) is 5.75 Å². The molecule has 12 heavy (non-hydrogen) atoms. The van der Waals surface area contributed by atoms with Crippen molar-refractivity contribution in [3.63, 3.8) is 0 Å². The molecule has 0 amide bonds. The first kappa shape index (κ1) is 9.39. The fraction of sp³-hybridized carbons (Fsp3) is 0.143. The maximum absolute atomic E-state index is 10.8. The third kappa shape index (κ3) is 1.91. The minimum absolute atomic E-state index is 0.256. The van der Waals surface area contributed by atoms with Crippen LogP contribution in [0.3, 0.4) is 0 Å². The number of phenolic OH excluding ortho intramolecular Hbond substituents is 1. The summed E-state index contributed by atoms with van der Waals surface area (Å²) in [4.78, 5) is 0. The van der Waals surface area contributed by atoms with Crippen molar-refractivity contribution in [1.29, 1.82) is 0 Å². The van der Waals surface area contributed by atoms with Gasteiger partial charge >= 0.3 is 72.0 Å². The van der Waals surface area contributed by atoms with E-state index in [0.717, 1.165) is 0 Å². The summed E-state index contributed by atoms with van der Waals surface area (Å²) in [6, 6.07) is 4.17. The molecule has 0 spiro atoms. The van der Waals surface area contributed by atoms with Crippen molar-refractivity contribution in [3.05, 3.63) is 23.8 Å². The Morgan fingerprint density at radius 2 is 1.92 bits per heavy atom. The van der Waals surface area contributed by atoms with E-state index in [1.807, 2.05) is 0 Å². The monoisotopic (exact) mass is 232 g/mol. The normalized spacial score (nSPS) is 11.6. The van der Waals surface area contributed by atoms with Crippen LogP contribution < -0.4 is 4.35 Å². The number of hydrogen-bond donors (Lipinski definition) is 3. The summed E-state index contributed by atoms with van der Waals surface area (Å²) in [6.45, 7) is 1.70. The van der Waals surface area contributed by atoms with Crippen molar-refractivity contribution in [2.75, 3.05) is 0 Å². The first-order valence-corrected chi connectivity index (χ1v) is 6.65. The second kappa shape index (κ2) is 2.98. The Morgan fingerprint density at radius 3 is 2.33 bits per heavy atom. The number of phenols is 1. The van der Waals surface area contributed by atoms with Gasteiger partial charge in [0.2, 0.25) is 0 Å². The van der Waals surface area contributed by atoms with Crippen LogP contribution in [-0.4, -0.2) is 27.5 Å². The Labute approximate surface area is 72.5 Å². The molecule has 1 rings (SSSR count). The van der Waals surface area contributed by atoms with Gasteiger partial charge in [0.1, 0.15) is 0 Å². The second-order valence-electron chi connectivity index (χ2n) is 2.54. The topological polar surface area (TPSA) is 77.8 Å². The third-order valence-corrected chi connectivity index (χ3v) is 3.51. The predicted molar refractivity (Wildman–Crippen MR) is 43.4 cm³/mol. The van der Waals surface area contributed by atoms with Crippen molar-refractivity contribution in [2.45, 2.75) is 6.92 Å². The van der Waals surface area contributed by atoms with Gasteiger partial charge in [-0.1, -0.05) is 0 Å². The molecule has 0 aromatic heterocycles. The van der Waals surface area contributed by atoms with Crippen molar-refractivity contribution < 1.29 is 17.0 Å². The molecule has 0 fully saturated rings. The quantitative estimate of drug-likeness (QED) is 0.557. The molecule has 3 N–H and O–H groups in total. The van der Waals surface area contributed by atoms with E-state index < -0.39 is 14.2 Å². The zero-order chi connectivity index (χ0) is 9.35. The van der Waals surface area contributed by atoms with E-state index in [1.165, 1.54) is 12.1 Å². The van der Waals surface area contributed by atoms with Crippen LogP contribution in [0.4, 0.5) is 0 Å². The van der Waals surface area contributed by atoms with Gasteiger partial charge in [-0.25, -0.2) is 0 Å². The zero-order valence-electron chi connectivity index (χ0n) is 6.43. The summed E-state index contributed by atoms with van der Waals surface area (Å²) in [5, 5.41) is 9.09. The Hall–Kier alpha value is -0.702. The average Bonchev–Trinajstić information content (AvgIpc) is 1.92. The molecule has 4 nitrogen and oxygen atoms in total. The van der Waals surface area contributed by atoms with Gasteiger partial charge in [0, 0.05) is 0 Å². The van der Waals surface area contributed by atoms with Gasteiger partial charge in [-0.2, -0.15) is 0 Å². The first-order valence-electron chi connectivity index (χ1n) is 3.27. The molecule has 1 aromatic rings. The van der Waals surface area contributed by atoms with Gasteiger partial charge < -0.3 is 0 Å². The molecule has 0 unspecified atom stereocenters. The van der Waals surface area contributed by atoms with Crippen LogP contribution in [0.25, 0.3) is 0 Å². The van der Waals surface area contributed by atoms with Crippen molar-refractivity contribution in [2.24, 2.45) is 0 Å². The average molecular weight is 232 g/mol. The van der Waals surface area contributed by atoms with Gasteiger partial charge in [-0.15, -0.1) is 0 Å². The van der Waals surface area contributed by atoms with E-state index in [2.05, 4.69) is 0 Å². The SMILES string of the molecule is Cc1ccc(O)c([As](=O)(O)O)c1. The molecule has 66 valence electrons. The number of hydrogen-bond acceptors (Lipinski definition) is 2. The van der Waals surface area contributed by atoms with Crippen molar-refractivity contribution >= 4 is 18.5 Å². The van der Waals surface area contributed by atoms with Gasteiger partial charge in [-0.05, 0) is 0 Å². The molecule has 0 saturated carbocycles. The molecule has 1 aromatic carbocycles. The summed E-state index contributed by atoms with van der Waals surface area (Å²) in [5.41, 5.74) is 0.715. The summed E-state index contributed by atoms with van der Waals surface area (Å²) in [5.74, 6) is -0.340. The molecule has 0 saturated heterocycles. The summed E-state index contributed by atoms with van der Waals surface area (Å²) in [7, 11) is 0. The summed E-state index contributed by atoms with van der Waals surface area (Å²) >= 11 is -4.94. The molecule has 0 aliphatic carbocycles. The zero-order valence-corrected chi connectivity index (χ0v) is 8.31. The molecule has 0 aliphatic heterocycles. The van der Waals surface area contributed by atoms with E-state index in [0.29, 0.717) is 5.56 Å². The van der Waals surface area contributed by atoms with E-state index in [1.54, 1.807) is 13.0 Å². The fourth-order valence-electron chi connectivity index (χ4n) is 0.867. The van der Waals surface area contributed by atoms with Crippen LogP contribution in [0.2, 0.25) is 0 Å². The number of aromatic hydroxyl groups is 1. The van der Waals surface area contributed by atoms with Gasteiger partial charge in [0.25, 0.3) is 0 Å². The van der Waals surface area contributed by atoms with Gasteiger partial charge in [0.05, 0.1) is 0 Å². The van der Waals surface area contributed by atoms with Gasteiger partial charge in [-0.3, -0.25) is 0 Å². The molecule has 0 heterocycles. The Bertz CT molecular complexity index is 341. The van der Waals surface area contributed by atoms with E-state index in [9.17, 15) is 3.74 Å². The number of benzene rings is 1. The molecule has 0 aliphatic rings. The van der Waals surface area contributed by atoms with Crippen LogP contribution in [0, 0.1) is 6.92 Å². The number of rotatable bonds is 1. The fourth-order valence-corrected chi connectivity index (χ4v) is 2.43. The van der Waals surface area contributed by atoms with Crippen LogP contribution in [-0.2, 0) is 3.74 Å². The molecule has 0 radical (unpaired) electrons. The second-order valence-corrected chi connectivity index (χ2v) is 5.83. The Balaban J connectivity index is 3.33. The molecular weight excluding hydrogens is 223 g/mol. The maximum atomic E-state index is 10.8. The van der Waals surface area contributed by atoms with E-state index in [4.69, 9.17) is 13.3 Å². The number of aryl methyl sites for hydroxylation is 1.